The molecule has 1 N–H and O–H groups in total. The Labute approximate surface area is 206 Å². The fourth-order valence-electron chi connectivity index (χ4n) is 3.08. The number of nitrogens with one attached hydrogen (secondary N) is 1. The minimum absolute atomic E-state index is 0.0572. The predicted molar refractivity (Wildman–Crippen MR) is 131 cm³/mol. The maximum absolute atomic E-state index is 12.3. The average molecular weight is 553 g/mol. The smallest absolute Gasteiger partial charge is 0.260 e. The van der Waals surface area contributed by atoms with Gasteiger partial charge in [0.05, 0.1) is 31.4 Å². The van der Waals surface area contributed by atoms with Crippen molar-refractivity contribution in [1.29, 1.82) is 0 Å². The van der Waals surface area contributed by atoms with Crippen LogP contribution in [0.3, 0.4) is 0 Å². The maximum atomic E-state index is 12.3. The Kier molecular flexibility index (Phi) is 9.02. The number of carbonyl (C=O) groups excluding carboxylic acids is 2. The number of halogens is 1. The lowest BCUT2D eigenvalue weighted by Crippen LogP contribution is -2.42. The molecule has 0 spiro atoms. The second-order valence-electron chi connectivity index (χ2n) is 7.39. The summed E-state index contributed by atoms with van der Waals surface area (Å²) in [6.07, 6.45) is 2.45. The Morgan fingerprint density at radius 2 is 1.91 bits per heavy atom. The van der Waals surface area contributed by atoms with Gasteiger partial charge in [-0.1, -0.05) is 22.0 Å². The van der Waals surface area contributed by atoms with Gasteiger partial charge in [0.2, 0.25) is 10.0 Å². The van der Waals surface area contributed by atoms with Crippen LogP contribution in [0.4, 0.5) is 5.69 Å². The molecule has 0 saturated carbocycles. The summed E-state index contributed by atoms with van der Waals surface area (Å²) in [5.74, 6) is -0.161. The van der Waals surface area contributed by atoms with Crippen molar-refractivity contribution < 1.29 is 27.5 Å². The number of hydrogen-bond acceptors (Lipinski definition) is 7. The highest BCUT2D eigenvalue weighted by Crippen LogP contribution is 2.21. The molecule has 34 heavy (non-hydrogen) atoms. The van der Waals surface area contributed by atoms with Gasteiger partial charge < -0.3 is 14.4 Å². The van der Waals surface area contributed by atoms with Crippen LogP contribution >= 0.6 is 15.9 Å². The quantitative estimate of drug-likeness (QED) is 0.373. The highest BCUT2D eigenvalue weighted by molar-refractivity contribution is 9.10. The van der Waals surface area contributed by atoms with E-state index in [1.54, 1.807) is 53.4 Å². The van der Waals surface area contributed by atoms with Crippen molar-refractivity contribution in [3.05, 3.63) is 58.6 Å². The molecule has 182 valence electrons. The summed E-state index contributed by atoms with van der Waals surface area (Å²) in [4.78, 5) is 26.1. The molecule has 2 aromatic carbocycles. The monoisotopic (exact) mass is 552 g/mol. The van der Waals surface area contributed by atoms with Crippen molar-refractivity contribution >= 4 is 49.7 Å². The Morgan fingerprint density at radius 1 is 1.21 bits per heavy atom. The fraction of sp³-hybridized carbons (Fsp3) is 0.318. The molecule has 1 saturated heterocycles. The van der Waals surface area contributed by atoms with Crippen LogP contribution in [0.2, 0.25) is 0 Å². The number of carbonyl (C=O) groups is 2. The third-order valence-corrected chi connectivity index (χ3v) is 6.43. The summed E-state index contributed by atoms with van der Waals surface area (Å²) in [5, 5.41) is 3.88. The molecule has 2 aromatic rings. The molecule has 1 aliphatic heterocycles. The van der Waals surface area contributed by atoms with E-state index in [9.17, 15) is 18.0 Å². The number of hydrogen-bond donors (Lipinski definition) is 1. The lowest BCUT2D eigenvalue weighted by molar-refractivity contribution is -0.137. The lowest BCUT2D eigenvalue weighted by atomic mass is 10.2. The van der Waals surface area contributed by atoms with Crippen LogP contribution in [0.15, 0.2) is 58.1 Å². The molecule has 12 heteroatoms. The van der Waals surface area contributed by atoms with E-state index in [0.717, 1.165) is 10.6 Å². The van der Waals surface area contributed by atoms with Crippen LogP contribution in [-0.4, -0.2) is 77.1 Å². The highest BCUT2D eigenvalue weighted by atomic mass is 79.9. The number of anilines is 1. The van der Waals surface area contributed by atoms with Crippen molar-refractivity contribution in [1.82, 2.24) is 10.3 Å². The summed E-state index contributed by atoms with van der Waals surface area (Å²) in [6.45, 7) is 1.72. The van der Waals surface area contributed by atoms with Gasteiger partial charge >= 0.3 is 0 Å². The van der Waals surface area contributed by atoms with Crippen LogP contribution in [0, 0.1) is 0 Å². The van der Waals surface area contributed by atoms with Gasteiger partial charge in [0.15, 0.2) is 6.61 Å². The van der Waals surface area contributed by atoms with Gasteiger partial charge in [0, 0.05) is 17.6 Å². The summed E-state index contributed by atoms with van der Waals surface area (Å²) in [6, 6.07) is 13.5. The van der Waals surface area contributed by atoms with Crippen LogP contribution in [0.25, 0.3) is 0 Å². The van der Waals surface area contributed by atoms with Gasteiger partial charge in [-0.2, -0.15) is 5.10 Å². The van der Waals surface area contributed by atoms with E-state index in [-0.39, 0.29) is 12.5 Å². The molecule has 1 heterocycles. The van der Waals surface area contributed by atoms with E-state index >= 15 is 0 Å². The molecule has 0 atom stereocenters. The van der Waals surface area contributed by atoms with Gasteiger partial charge in [-0.3, -0.25) is 13.9 Å². The molecule has 0 bridgehead atoms. The van der Waals surface area contributed by atoms with E-state index in [4.69, 9.17) is 9.47 Å². The fourth-order valence-corrected chi connectivity index (χ4v) is 4.31. The first-order valence-electron chi connectivity index (χ1n) is 10.4. The second kappa shape index (κ2) is 12.0. The second-order valence-corrected chi connectivity index (χ2v) is 10.2. The summed E-state index contributed by atoms with van der Waals surface area (Å²) in [5.41, 5.74) is 3.37. The van der Waals surface area contributed by atoms with Gasteiger partial charge in [0.1, 0.15) is 12.3 Å². The predicted octanol–water partition coefficient (Wildman–Crippen LogP) is 1.60. The molecular weight excluding hydrogens is 528 g/mol. The average Bonchev–Trinajstić information content (AvgIpc) is 2.81. The van der Waals surface area contributed by atoms with Crippen molar-refractivity contribution in [2.24, 2.45) is 5.10 Å². The van der Waals surface area contributed by atoms with Crippen molar-refractivity contribution in [3.8, 4) is 5.75 Å². The molecule has 1 fully saturated rings. The van der Waals surface area contributed by atoms with E-state index in [0.29, 0.717) is 47.8 Å². The normalized spacial score (nSPS) is 14.1. The van der Waals surface area contributed by atoms with Crippen LogP contribution in [-0.2, 0) is 24.3 Å². The molecule has 0 radical (unpaired) electrons. The zero-order chi connectivity index (χ0) is 24.6. The molecule has 10 nitrogen and oxygen atoms in total. The number of hydrazone groups is 1. The first-order chi connectivity index (χ1) is 16.2. The van der Waals surface area contributed by atoms with Gasteiger partial charge in [-0.25, -0.2) is 13.8 Å². The number of amides is 2. The van der Waals surface area contributed by atoms with Crippen molar-refractivity contribution in [3.63, 3.8) is 0 Å². The molecule has 0 aliphatic carbocycles. The Balaban J connectivity index is 1.50. The molecular formula is C22H25BrN4O6S. The van der Waals surface area contributed by atoms with Gasteiger partial charge in [0.25, 0.3) is 11.8 Å². The number of nitrogens with zero attached hydrogens (tertiary/aromatic N) is 3. The highest BCUT2D eigenvalue weighted by Gasteiger charge is 2.21. The van der Waals surface area contributed by atoms with Gasteiger partial charge in [-0.05, 0) is 48.0 Å². The molecule has 0 aromatic heterocycles. The topological polar surface area (TPSA) is 118 Å². The van der Waals surface area contributed by atoms with E-state index < -0.39 is 22.5 Å². The third-order valence-electron chi connectivity index (χ3n) is 4.79. The largest absolute Gasteiger partial charge is 0.484 e. The van der Waals surface area contributed by atoms with E-state index in [2.05, 4.69) is 26.5 Å². The first-order valence-corrected chi connectivity index (χ1v) is 13.0. The molecule has 0 unspecified atom stereocenters. The van der Waals surface area contributed by atoms with E-state index in [1.165, 1.54) is 6.21 Å². The number of morpholine rings is 1. The number of benzene rings is 2. The zero-order valence-electron chi connectivity index (χ0n) is 18.5. The minimum atomic E-state index is -3.68. The zero-order valence-corrected chi connectivity index (χ0v) is 20.9. The Hall–Kier alpha value is -2.96. The van der Waals surface area contributed by atoms with Crippen molar-refractivity contribution in [2.45, 2.75) is 0 Å². The summed E-state index contributed by atoms with van der Waals surface area (Å²) < 4.78 is 36.7. The first kappa shape index (κ1) is 25.7. The number of ether oxygens (including phenoxy) is 2. The van der Waals surface area contributed by atoms with Crippen LogP contribution < -0.4 is 14.5 Å². The minimum Gasteiger partial charge on any atom is -0.484 e. The lowest BCUT2D eigenvalue weighted by Gasteiger charge is -2.26. The SMILES string of the molecule is CS(=O)(=O)N(CC(=O)N/N=C\c1ccc(OCC(=O)N2CCOCC2)cc1)c1cccc(Br)c1. The summed E-state index contributed by atoms with van der Waals surface area (Å²) in [7, 11) is -3.68. The van der Waals surface area contributed by atoms with Crippen LogP contribution in [0.1, 0.15) is 5.56 Å². The van der Waals surface area contributed by atoms with Crippen LogP contribution in [0.5, 0.6) is 5.75 Å². The molecule has 1 aliphatic rings. The van der Waals surface area contributed by atoms with Crippen molar-refractivity contribution in [2.75, 3.05) is 50.0 Å². The number of rotatable bonds is 9. The molecule has 3 rings (SSSR count). The van der Waals surface area contributed by atoms with E-state index in [1.807, 2.05) is 0 Å². The standard InChI is InChI=1S/C22H25BrN4O6S/c1-34(30,31)27(19-4-2-3-18(23)13-19)15-21(28)25-24-14-17-5-7-20(8-6-17)33-16-22(29)26-9-11-32-12-10-26/h2-8,13-14H,9-12,15-16H2,1H3,(H,25,28)/b24-14-. The maximum Gasteiger partial charge on any atom is 0.260 e. The van der Waals surface area contributed by atoms with Gasteiger partial charge in [-0.15, -0.1) is 0 Å². The Morgan fingerprint density at radius 3 is 2.56 bits per heavy atom. The number of sulfonamides is 1. The Bertz CT molecular complexity index is 1130. The summed E-state index contributed by atoms with van der Waals surface area (Å²) >= 11 is 3.29. The molecule has 2 amide bonds. The third kappa shape index (κ3) is 7.82.